The van der Waals surface area contributed by atoms with E-state index in [-0.39, 0.29) is 5.25 Å². The van der Waals surface area contributed by atoms with E-state index in [1.54, 1.807) is 24.8 Å². The fraction of sp³-hybridized carbons (Fsp3) is 0.417. The normalized spacial score (nSPS) is 17.3. The monoisotopic (exact) mass is 463 g/mol. The average molecular weight is 464 g/mol. The summed E-state index contributed by atoms with van der Waals surface area (Å²) in [4.78, 5) is 13.8. The molecule has 0 bridgehead atoms. The molecule has 4 aromatic heterocycles. The van der Waals surface area contributed by atoms with Crippen LogP contribution in [0.3, 0.4) is 0 Å². The summed E-state index contributed by atoms with van der Waals surface area (Å²) in [5.74, 6) is 1.99. The minimum atomic E-state index is -3.57. The van der Waals surface area contributed by atoms with E-state index in [2.05, 4.69) is 15.1 Å². The number of aryl methyl sites for hydroxylation is 2. The van der Waals surface area contributed by atoms with Crippen molar-refractivity contribution < 1.29 is 12.9 Å². The highest BCUT2D eigenvalue weighted by Crippen LogP contribution is 2.39. The molecule has 0 atom stereocenters. The summed E-state index contributed by atoms with van der Waals surface area (Å²) >= 11 is 0. The minimum Gasteiger partial charge on any atom is -0.361 e. The second-order valence-electron chi connectivity index (χ2n) is 9.19. The Morgan fingerprint density at radius 1 is 0.970 bits per heavy atom. The molecule has 9 heteroatoms. The average Bonchev–Trinajstić information content (AvgIpc) is 3.20. The molecule has 8 nitrogen and oxygen atoms in total. The van der Waals surface area contributed by atoms with Gasteiger partial charge in [0.25, 0.3) is 0 Å². The Kier molecular flexibility index (Phi) is 4.65. The zero-order chi connectivity index (χ0) is 22.7. The third-order valence-corrected chi connectivity index (χ3v) is 9.02. The van der Waals surface area contributed by atoms with Gasteiger partial charge >= 0.3 is 0 Å². The van der Waals surface area contributed by atoms with Crippen LogP contribution in [0.2, 0.25) is 0 Å². The first-order chi connectivity index (χ1) is 15.9. The zero-order valence-electron chi connectivity index (χ0n) is 18.7. The van der Waals surface area contributed by atoms with Gasteiger partial charge in [-0.15, -0.1) is 0 Å². The van der Waals surface area contributed by atoms with E-state index < -0.39 is 10.0 Å². The molecular formula is C24H25N5O3S. The summed E-state index contributed by atoms with van der Waals surface area (Å²) in [6, 6.07) is 1.88. The van der Waals surface area contributed by atoms with E-state index >= 15 is 0 Å². The molecule has 170 valence electrons. The van der Waals surface area contributed by atoms with E-state index in [4.69, 9.17) is 9.51 Å². The number of pyridine rings is 1. The topological polar surface area (TPSA) is 104 Å². The standard InChI is InChI=1S/C24H25N5O3S/c1-14-22(15(2)32-28-14)17-9-21-23(25-10-17)20(18-11-26-24(27-12-18)16-7-8-16)13-29(21)33(30,31)19-5-3-4-6-19/h9-13,16,19H,3-8H2,1-2H3. The van der Waals surface area contributed by atoms with Crippen LogP contribution in [0.5, 0.6) is 0 Å². The van der Waals surface area contributed by atoms with Gasteiger partial charge in [-0.2, -0.15) is 0 Å². The summed E-state index contributed by atoms with van der Waals surface area (Å²) in [5, 5.41) is 3.67. The maximum atomic E-state index is 13.6. The van der Waals surface area contributed by atoms with Crippen LogP contribution in [-0.4, -0.2) is 37.7 Å². The lowest BCUT2D eigenvalue weighted by Crippen LogP contribution is -2.24. The van der Waals surface area contributed by atoms with Gasteiger partial charge in [0.2, 0.25) is 10.0 Å². The lowest BCUT2D eigenvalue weighted by Gasteiger charge is -2.13. The van der Waals surface area contributed by atoms with Crippen LogP contribution in [0.4, 0.5) is 0 Å². The van der Waals surface area contributed by atoms with Crippen LogP contribution >= 0.6 is 0 Å². The van der Waals surface area contributed by atoms with Crippen LogP contribution < -0.4 is 0 Å². The molecule has 2 aliphatic rings. The molecule has 0 spiro atoms. The molecule has 2 saturated carbocycles. The summed E-state index contributed by atoms with van der Waals surface area (Å²) in [5.41, 5.74) is 5.03. The second kappa shape index (κ2) is 7.48. The molecule has 0 aromatic carbocycles. The molecule has 33 heavy (non-hydrogen) atoms. The van der Waals surface area contributed by atoms with E-state index in [0.717, 1.165) is 59.5 Å². The first-order valence-corrected chi connectivity index (χ1v) is 12.9. The molecule has 0 N–H and O–H groups in total. The van der Waals surface area contributed by atoms with E-state index in [9.17, 15) is 8.42 Å². The minimum absolute atomic E-state index is 0.378. The van der Waals surface area contributed by atoms with Crippen molar-refractivity contribution in [1.82, 2.24) is 24.1 Å². The maximum absolute atomic E-state index is 13.6. The number of rotatable bonds is 5. The predicted molar refractivity (Wildman–Crippen MR) is 124 cm³/mol. The Morgan fingerprint density at radius 3 is 2.30 bits per heavy atom. The second-order valence-corrected chi connectivity index (χ2v) is 11.3. The number of hydrogen-bond acceptors (Lipinski definition) is 7. The van der Waals surface area contributed by atoms with Crippen LogP contribution in [0.15, 0.2) is 35.4 Å². The molecular weight excluding hydrogens is 438 g/mol. The number of aromatic nitrogens is 5. The lowest BCUT2D eigenvalue weighted by molar-refractivity contribution is 0.393. The molecule has 2 fully saturated rings. The Labute approximate surface area is 192 Å². The third-order valence-electron chi connectivity index (χ3n) is 6.85. The first kappa shape index (κ1) is 20.5. The maximum Gasteiger partial charge on any atom is 0.241 e. The highest BCUT2D eigenvalue weighted by molar-refractivity contribution is 7.90. The smallest absolute Gasteiger partial charge is 0.241 e. The number of nitrogens with zero attached hydrogens (tertiary/aromatic N) is 5. The first-order valence-electron chi connectivity index (χ1n) is 11.4. The van der Waals surface area contributed by atoms with Gasteiger partial charge in [0.1, 0.15) is 11.6 Å². The van der Waals surface area contributed by atoms with Crippen molar-refractivity contribution in [3.63, 3.8) is 0 Å². The van der Waals surface area contributed by atoms with Gasteiger partial charge < -0.3 is 4.52 Å². The van der Waals surface area contributed by atoms with Crippen molar-refractivity contribution in [2.75, 3.05) is 0 Å². The van der Waals surface area contributed by atoms with Crippen LogP contribution in [0.1, 0.15) is 61.7 Å². The van der Waals surface area contributed by atoms with Crippen LogP contribution in [0.25, 0.3) is 33.3 Å². The van der Waals surface area contributed by atoms with E-state index in [1.807, 2.05) is 19.9 Å². The van der Waals surface area contributed by atoms with Gasteiger partial charge in [0.15, 0.2) is 0 Å². The van der Waals surface area contributed by atoms with Crippen LogP contribution in [0, 0.1) is 13.8 Å². The largest absolute Gasteiger partial charge is 0.361 e. The Morgan fingerprint density at radius 2 is 1.67 bits per heavy atom. The highest BCUT2D eigenvalue weighted by Gasteiger charge is 2.33. The summed E-state index contributed by atoms with van der Waals surface area (Å²) in [6.07, 6.45) is 12.5. The Balaban J connectivity index is 1.55. The summed E-state index contributed by atoms with van der Waals surface area (Å²) < 4.78 is 34.1. The molecule has 2 aliphatic carbocycles. The van der Waals surface area contributed by atoms with Gasteiger partial charge in [0.05, 0.1) is 22.0 Å². The fourth-order valence-electron chi connectivity index (χ4n) is 4.91. The van der Waals surface area contributed by atoms with E-state index in [0.29, 0.717) is 35.6 Å². The van der Waals surface area contributed by atoms with Crippen molar-refractivity contribution in [1.29, 1.82) is 0 Å². The van der Waals surface area contributed by atoms with Crippen molar-refractivity contribution in [3.05, 3.63) is 48.1 Å². The summed E-state index contributed by atoms with van der Waals surface area (Å²) in [7, 11) is -3.57. The molecule has 0 radical (unpaired) electrons. The highest BCUT2D eigenvalue weighted by atomic mass is 32.2. The fourth-order valence-corrected chi connectivity index (χ4v) is 6.82. The van der Waals surface area contributed by atoms with Gasteiger partial charge in [-0.25, -0.2) is 22.4 Å². The molecule has 0 saturated heterocycles. The molecule has 0 unspecified atom stereocenters. The molecule has 6 rings (SSSR count). The van der Waals surface area contributed by atoms with Gasteiger partial charge in [-0.3, -0.25) is 4.98 Å². The van der Waals surface area contributed by atoms with Crippen molar-refractivity contribution in [2.24, 2.45) is 0 Å². The van der Waals surface area contributed by atoms with Crippen molar-refractivity contribution >= 4 is 21.1 Å². The predicted octanol–water partition coefficient (Wildman–Crippen LogP) is 4.76. The van der Waals surface area contributed by atoms with Crippen molar-refractivity contribution in [2.45, 2.75) is 63.5 Å². The number of hydrogen-bond donors (Lipinski definition) is 0. The van der Waals surface area contributed by atoms with Gasteiger partial charge in [-0.1, -0.05) is 18.0 Å². The Bertz CT molecular complexity index is 1440. The number of fused-ring (bicyclic) bond motifs is 1. The van der Waals surface area contributed by atoms with Gasteiger partial charge in [0, 0.05) is 53.0 Å². The quantitative estimate of drug-likeness (QED) is 0.420. The lowest BCUT2D eigenvalue weighted by atomic mass is 10.1. The Hall–Kier alpha value is -3.07. The molecule has 4 aromatic rings. The zero-order valence-corrected chi connectivity index (χ0v) is 19.5. The molecule has 0 aliphatic heterocycles. The van der Waals surface area contributed by atoms with Crippen molar-refractivity contribution in [3.8, 4) is 22.3 Å². The molecule has 4 heterocycles. The summed E-state index contributed by atoms with van der Waals surface area (Å²) in [6.45, 7) is 3.71. The molecule has 0 amide bonds. The SMILES string of the molecule is Cc1noc(C)c1-c1cnc2c(-c3cnc(C4CC4)nc3)cn(S(=O)(=O)C3CCCC3)c2c1. The van der Waals surface area contributed by atoms with E-state index in [1.165, 1.54) is 3.97 Å². The van der Waals surface area contributed by atoms with Crippen LogP contribution in [-0.2, 0) is 10.0 Å². The third kappa shape index (κ3) is 3.37. The van der Waals surface area contributed by atoms with Gasteiger partial charge in [-0.05, 0) is 45.6 Å².